The van der Waals surface area contributed by atoms with Crippen molar-refractivity contribution in [3.05, 3.63) is 70.3 Å². The molecule has 0 atom stereocenters. The number of rotatable bonds is 4. The zero-order valence-electron chi connectivity index (χ0n) is 13.9. The van der Waals surface area contributed by atoms with Crippen molar-refractivity contribution in [3.63, 3.8) is 0 Å². The van der Waals surface area contributed by atoms with Crippen LogP contribution < -0.4 is 9.47 Å². The largest absolute Gasteiger partial charge is 0.497 e. The topological polar surface area (TPSA) is 52.6 Å². The lowest BCUT2D eigenvalue weighted by Crippen LogP contribution is -2.22. The maximum Gasteiger partial charge on any atom is 0.190 e. The van der Waals surface area contributed by atoms with Gasteiger partial charge in [0.15, 0.2) is 11.6 Å². The highest BCUT2D eigenvalue weighted by atomic mass is 16.5. The number of fused-ring (bicyclic) bond motifs is 1. The normalized spacial score (nSPS) is 13.8. The fraction of sp³-hybridized carbons (Fsp3) is 0.200. The van der Waals surface area contributed by atoms with Crippen molar-refractivity contribution in [3.8, 4) is 11.5 Å². The Morgan fingerprint density at radius 1 is 0.875 bits per heavy atom. The Morgan fingerprint density at radius 3 is 2.17 bits per heavy atom. The molecule has 24 heavy (non-hydrogen) atoms. The van der Waals surface area contributed by atoms with Crippen LogP contribution in [-0.4, -0.2) is 25.8 Å². The van der Waals surface area contributed by atoms with Crippen LogP contribution in [0.4, 0.5) is 0 Å². The summed E-state index contributed by atoms with van der Waals surface area (Å²) in [6.07, 6.45) is 0.345. The number of hydrogen-bond acceptors (Lipinski definition) is 4. The highest BCUT2D eigenvalue weighted by molar-refractivity contribution is 6.26. The van der Waals surface area contributed by atoms with E-state index in [1.807, 2.05) is 12.1 Å². The number of benzene rings is 2. The van der Waals surface area contributed by atoms with E-state index in [9.17, 15) is 9.59 Å². The first-order valence-corrected chi connectivity index (χ1v) is 7.66. The van der Waals surface area contributed by atoms with E-state index in [2.05, 4.69) is 0 Å². The van der Waals surface area contributed by atoms with E-state index in [0.29, 0.717) is 40.2 Å². The minimum atomic E-state index is -0.0967. The van der Waals surface area contributed by atoms with Gasteiger partial charge < -0.3 is 9.47 Å². The molecule has 2 aromatic rings. The molecule has 1 aliphatic carbocycles. The molecule has 122 valence electrons. The Balaban J connectivity index is 2.03. The number of carbonyl (C=O) groups excluding carboxylic acids is 2. The Morgan fingerprint density at radius 2 is 1.54 bits per heavy atom. The molecule has 0 unspecified atom stereocenters. The van der Waals surface area contributed by atoms with Crippen molar-refractivity contribution in [2.75, 3.05) is 14.2 Å². The van der Waals surface area contributed by atoms with Crippen molar-refractivity contribution in [1.82, 2.24) is 0 Å². The van der Waals surface area contributed by atoms with Crippen LogP contribution in [0.25, 0.3) is 0 Å². The molecule has 0 amide bonds. The smallest absolute Gasteiger partial charge is 0.190 e. The third-order valence-corrected chi connectivity index (χ3v) is 4.35. The Kier molecular flexibility index (Phi) is 4.21. The minimum Gasteiger partial charge on any atom is -0.497 e. The SMILES string of the molecule is COc1ccc(CC2=C(C)C(=O)c3ccccc3C2=O)c(OC)c1. The van der Waals surface area contributed by atoms with Crippen molar-refractivity contribution >= 4 is 11.6 Å². The van der Waals surface area contributed by atoms with Gasteiger partial charge in [0.2, 0.25) is 0 Å². The second-order valence-corrected chi connectivity index (χ2v) is 5.66. The van der Waals surface area contributed by atoms with Gasteiger partial charge in [0.25, 0.3) is 0 Å². The Bertz CT molecular complexity index is 862. The van der Waals surface area contributed by atoms with Crippen molar-refractivity contribution in [1.29, 1.82) is 0 Å². The summed E-state index contributed by atoms with van der Waals surface area (Å²) in [5.41, 5.74) is 2.80. The summed E-state index contributed by atoms with van der Waals surface area (Å²) in [4.78, 5) is 25.4. The summed E-state index contributed by atoms with van der Waals surface area (Å²) >= 11 is 0. The van der Waals surface area contributed by atoms with E-state index >= 15 is 0 Å². The number of Topliss-reactive ketones (excluding diaryl/α,β-unsaturated/α-hetero) is 2. The second-order valence-electron chi connectivity index (χ2n) is 5.66. The fourth-order valence-electron chi connectivity index (χ4n) is 2.95. The molecule has 0 spiro atoms. The molecule has 0 aliphatic heterocycles. The van der Waals surface area contributed by atoms with E-state index in [1.165, 1.54) is 0 Å². The van der Waals surface area contributed by atoms with Crippen LogP contribution in [0.2, 0.25) is 0 Å². The fourth-order valence-corrected chi connectivity index (χ4v) is 2.95. The molecule has 3 rings (SSSR count). The lowest BCUT2D eigenvalue weighted by Gasteiger charge is -2.20. The number of carbonyl (C=O) groups is 2. The molecular formula is C20H18O4. The number of methoxy groups -OCH3 is 2. The number of hydrogen-bond donors (Lipinski definition) is 0. The van der Waals surface area contributed by atoms with Gasteiger partial charge in [-0.25, -0.2) is 0 Å². The van der Waals surface area contributed by atoms with Gasteiger partial charge in [0.1, 0.15) is 11.5 Å². The van der Waals surface area contributed by atoms with Gasteiger partial charge >= 0.3 is 0 Å². The summed E-state index contributed by atoms with van der Waals surface area (Å²) in [5.74, 6) is 1.12. The van der Waals surface area contributed by atoms with Crippen molar-refractivity contribution < 1.29 is 19.1 Å². The van der Waals surface area contributed by atoms with Crippen molar-refractivity contribution in [2.45, 2.75) is 13.3 Å². The van der Waals surface area contributed by atoms with Crippen LogP contribution in [-0.2, 0) is 6.42 Å². The molecule has 0 fully saturated rings. The van der Waals surface area contributed by atoms with Crippen LogP contribution in [0, 0.1) is 0 Å². The van der Waals surface area contributed by atoms with Gasteiger partial charge in [-0.2, -0.15) is 0 Å². The van der Waals surface area contributed by atoms with E-state index in [0.717, 1.165) is 5.56 Å². The van der Waals surface area contributed by atoms with Gasteiger partial charge in [-0.05, 0) is 18.6 Å². The first-order chi connectivity index (χ1) is 11.6. The molecule has 0 aromatic heterocycles. The molecular weight excluding hydrogens is 304 g/mol. The van der Waals surface area contributed by atoms with E-state index in [1.54, 1.807) is 51.5 Å². The van der Waals surface area contributed by atoms with Crippen LogP contribution in [0.1, 0.15) is 33.2 Å². The molecule has 1 aliphatic rings. The molecule has 0 saturated heterocycles. The highest BCUT2D eigenvalue weighted by Crippen LogP contribution is 2.32. The molecule has 0 saturated carbocycles. The summed E-state index contributed by atoms with van der Waals surface area (Å²) in [5, 5.41) is 0. The second kappa shape index (κ2) is 6.32. The zero-order chi connectivity index (χ0) is 17.3. The summed E-state index contributed by atoms with van der Waals surface area (Å²) < 4.78 is 10.6. The Labute approximate surface area is 140 Å². The van der Waals surface area contributed by atoms with Crippen LogP contribution in [0.15, 0.2) is 53.6 Å². The van der Waals surface area contributed by atoms with Gasteiger partial charge in [0.05, 0.1) is 14.2 Å². The minimum absolute atomic E-state index is 0.0901. The lowest BCUT2D eigenvalue weighted by molar-refractivity contribution is 0.0973. The third-order valence-electron chi connectivity index (χ3n) is 4.35. The average Bonchev–Trinajstić information content (AvgIpc) is 2.63. The molecule has 0 heterocycles. The standard InChI is InChI=1S/C20H18O4/c1-12-17(10-13-8-9-14(23-2)11-18(13)24-3)20(22)16-7-5-4-6-15(16)19(12)21/h4-9,11H,10H2,1-3H3. The van der Waals surface area contributed by atoms with E-state index in [-0.39, 0.29) is 11.6 Å². The predicted molar refractivity (Wildman–Crippen MR) is 91.1 cm³/mol. The van der Waals surface area contributed by atoms with Crippen LogP contribution in [0.3, 0.4) is 0 Å². The van der Waals surface area contributed by atoms with Crippen molar-refractivity contribution in [2.24, 2.45) is 0 Å². The quantitative estimate of drug-likeness (QED) is 0.862. The predicted octanol–water partition coefficient (Wildman–Crippen LogP) is 3.64. The first kappa shape index (κ1) is 16.0. The summed E-state index contributed by atoms with van der Waals surface area (Å²) in [6, 6.07) is 12.4. The van der Waals surface area contributed by atoms with E-state index in [4.69, 9.17) is 9.47 Å². The molecule has 2 aromatic carbocycles. The van der Waals surface area contributed by atoms with E-state index < -0.39 is 0 Å². The maximum atomic E-state index is 12.8. The molecule has 0 radical (unpaired) electrons. The third kappa shape index (κ3) is 2.60. The Hall–Kier alpha value is -2.88. The molecule has 4 heteroatoms. The molecule has 0 N–H and O–H groups in total. The number of ether oxygens (including phenoxy) is 2. The molecule has 4 nitrogen and oxygen atoms in total. The summed E-state index contributed by atoms with van der Waals surface area (Å²) in [7, 11) is 3.16. The first-order valence-electron chi connectivity index (χ1n) is 7.66. The van der Waals surface area contributed by atoms with Crippen LogP contribution >= 0.6 is 0 Å². The summed E-state index contributed by atoms with van der Waals surface area (Å²) in [6.45, 7) is 1.71. The number of ketones is 2. The maximum absolute atomic E-state index is 12.8. The highest BCUT2D eigenvalue weighted by Gasteiger charge is 2.29. The zero-order valence-corrected chi connectivity index (χ0v) is 13.9. The average molecular weight is 322 g/mol. The van der Waals surface area contributed by atoms with Gasteiger partial charge in [0, 0.05) is 34.8 Å². The number of allylic oxidation sites excluding steroid dienone is 2. The van der Waals surface area contributed by atoms with Gasteiger partial charge in [-0.1, -0.05) is 30.3 Å². The van der Waals surface area contributed by atoms with Gasteiger partial charge in [-0.15, -0.1) is 0 Å². The van der Waals surface area contributed by atoms with Crippen LogP contribution in [0.5, 0.6) is 11.5 Å². The lowest BCUT2D eigenvalue weighted by atomic mass is 9.82. The molecule has 0 bridgehead atoms. The van der Waals surface area contributed by atoms with Gasteiger partial charge in [-0.3, -0.25) is 9.59 Å². The monoisotopic (exact) mass is 322 g/mol.